The highest BCUT2D eigenvalue weighted by atomic mass is 16.3. The molecule has 10 nitrogen and oxygen atoms in total. The minimum absolute atomic E-state index is 0.0402. The molecule has 0 bridgehead atoms. The Bertz CT molecular complexity index is 1480. The standard InChI is InChI=1S/C29H32N6O4/c1-5-29(3,4)31-28(39)27(20-10-16-23(37)17-11-20)35(22-14-12-21(13-15-22)30-19(2)36)26(38)18-34-25-9-7-6-8-24(25)32-33-34/h6-17,27,37H,5,18H2,1-4H3,(H,30,36)(H,31,39)/t27-/m0/s1. The van der Waals surface area contributed by atoms with Crippen LogP contribution in [-0.4, -0.2) is 43.4 Å². The number of fused-ring (bicyclic) bond motifs is 1. The second kappa shape index (κ2) is 11.3. The summed E-state index contributed by atoms with van der Waals surface area (Å²) < 4.78 is 1.50. The lowest BCUT2D eigenvalue weighted by atomic mass is 9.98. The zero-order valence-electron chi connectivity index (χ0n) is 22.4. The Balaban J connectivity index is 1.81. The van der Waals surface area contributed by atoms with Crippen molar-refractivity contribution in [1.82, 2.24) is 20.3 Å². The predicted octanol–water partition coefficient (Wildman–Crippen LogP) is 4.17. The first kappa shape index (κ1) is 27.3. The molecule has 0 aliphatic heterocycles. The Hall–Kier alpha value is -4.73. The highest BCUT2D eigenvalue weighted by Gasteiger charge is 2.35. The number of rotatable bonds is 9. The number of para-hydroxylation sites is 1. The van der Waals surface area contributed by atoms with Gasteiger partial charge in [-0.3, -0.25) is 19.3 Å². The zero-order valence-corrected chi connectivity index (χ0v) is 22.4. The van der Waals surface area contributed by atoms with Gasteiger partial charge >= 0.3 is 0 Å². The molecule has 1 aromatic heterocycles. The van der Waals surface area contributed by atoms with Gasteiger partial charge in [-0.25, -0.2) is 4.68 Å². The van der Waals surface area contributed by atoms with E-state index >= 15 is 0 Å². The summed E-state index contributed by atoms with van der Waals surface area (Å²) >= 11 is 0. The van der Waals surface area contributed by atoms with Crippen LogP contribution in [0.1, 0.15) is 45.7 Å². The number of amides is 3. The summed E-state index contributed by atoms with van der Waals surface area (Å²) in [6.07, 6.45) is 0.672. The van der Waals surface area contributed by atoms with E-state index in [1.807, 2.05) is 39.0 Å². The van der Waals surface area contributed by atoms with Crippen LogP contribution in [0.15, 0.2) is 72.8 Å². The monoisotopic (exact) mass is 528 g/mol. The summed E-state index contributed by atoms with van der Waals surface area (Å²) in [5, 5.41) is 24.0. The Kier molecular flexibility index (Phi) is 7.94. The Morgan fingerprint density at radius 1 is 1.00 bits per heavy atom. The van der Waals surface area contributed by atoms with E-state index < -0.39 is 17.5 Å². The Morgan fingerprint density at radius 3 is 2.31 bits per heavy atom. The second-order valence-corrected chi connectivity index (χ2v) is 9.95. The minimum Gasteiger partial charge on any atom is -0.508 e. The van der Waals surface area contributed by atoms with Gasteiger partial charge in [-0.05, 0) is 74.4 Å². The number of hydrogen-bond acceptors (Lipinski definition) is 6. The van der Waals surface area contributed by atoms with Crippen molar-refractivity contribution >= 4 is 40.1 Å². The molecule has 202 valence electrons. The number of aromatic nitrogens is 3. The topological polar surface area (TPSA) is 129 Å². The molecule has 1 atom stereocenters. The van der Waals surface area contributed by atoms with Crippen LogP contribution < -0.4 is 15.5 Å². The SMILES string of the molecule is CCC(C)(C)NC(=O)[C@H](c1ccc(O)cc1)N(C(=O)Cn1nnc2ccccc21)c1ccc(NC(C)=O)cc1. The maximum absolute atomic E-state index is 14.1. The third-order valence-electron chi connectivity index (χ3n) is 6.50. The number of carbonyl (C=O) groups is 3. The molecule has 3 amide bonds. The summed E-state index contributed by atoms with van der Waals surface area (Å²) in [5.74, 6) is -0.967. The van der Waals surface area contributed by atoms with Gasteiger partial charge in [-0.1, -0.05) is 36.4 Å². The molecular formula is C29H32N6O4. The van der Waals surface area contributed by atoms with Gasteiger partial charge in [0.1, 0.15) is 23.9 Å². The second-order valence-electron chi connectivity index (χ2n) is 9.95. The number of carbonyl (C=O) groups excluding carboxylic acids is 3. The number of benzene rings is 3. The molecule has 0 spiro atoms. The van der Waals surface area contributed by atoms with Crippen molar-refractivity contribution in [1.29, 1.82) is 0 Å². The molecule has 0 fully saturated rings. The number of nitrogens with zero attached hydrogens (tertiary/aromatic N) is 4. The van der Waals surface area contributed by atoms with E-state index in [1.165, 1.54) is 28.6 Å². The molecule has 3 N–H and O–H groups in total. The van der Waals surface area contributed by atoms with E-state index in [0.29, 0.717) is 34.4 Å². The van der Waals surface area contributed by atoms with Crippen LogP contribution in [0, 0.1) is 0 Å². The fraction of sp³-hybridized carbons (Fsp3) is 0.276. The first-order chi connectivity index (χ1) is 18.6. The normalized spacial score (nSPS) is 12.1. The highest BCUT2D eigenvalue weighted by Crippen LogP contribution is 2.31. The molecule has 0 radical (unpaired) electrons. The van der Waals surface area contributed by atoms with Crippen LogP contribution in [0.3, 0.4) is 0 Å². The van der Waals surface area contributed by atoms with Crippen molar-refractivity contribution in [3.05, 3.63) is 78.4 Å². The lowest BCUT2D eigenvalue weighted by Gasteiger charge is -2.34. The predicted molar refractivity (Wildman–Crippen MR) is 149 cm³/mol. The maximum atomic E-state index is 14.1. The molecule has 3 aromatic carbocycles. The van der Waals surface area contributed by atoms with E-state index in [0.717, 1.165) is 0 Å². The largest absolute Gasteiger partial charge is 0.508 e. The van der Waals surface area contributed by atoms with Crippen LogP contribution in [0.4, 0.5) is 11.4 Å². The molecule has 0 saturated carbocycles. The van der Waals surface area contributed by atoms with Crippen molar-refractivity contribution < 1.29 is 19.5 Å². The fourth-order valence-electron chi connectivity index (χ4n) is 4.15. The van der Waals surface area contributed by atoms with E-state index in [4.69, 9.17) is 0 Å². The number of phenols is 1. The summed E-state index contributed by atoms with van der Waals surface area (Å²) in [5.41, 5.74) is 2.32. The van der Waals surface area contributed by atoms with Gasteiger partial charge in [0.15, 0.2) is 0 Å². The summed E-state index contributed by atoms with van der Waals surface area (Å²) in [6, 6.07) is 19.1. The van der Waals surface area contributed by atoms with Gasteiger partial charge in [0.05, 0.1) is 5.52 Å². The molecule has 1 heterocycles. The quantitative estimate of drug-likeness (QED) is 0.299. The molecular weight excluding hydrogens is 496 g/mol. The van der Waals surface area contributed by atoms with E-state index in [-0.39, 0.29) is 24.1 Å². The molecule has 0 unspecified atom stereocenters. The first-order valence-electron chi connectivity index (χ1n) is 12.7. The zero-order chi connectivity index (χ0) is 28.2. The van der Waals surface area contributed by atoms with Gasteiger partial charge in [0.25, 0.3) is 0 Å². The van der Waals surface area contributed by atoms with Crippen LogP contribution in [0.5, 0.6) is 5.75 Å². The molecule has 4 rings (SSSR count). The van der Waals surface area contributed by atoms with Gasteiger partial charge in [-0.2, -0.15) is 0 Å². The average molecular weight is 529 g/mol. The van der Waals surface area contributed by atoms with Gasteiger partial charge in [-0.15, -0.1) is 5.10 Å². The smallest absolute Gasteiger partial charge is 0.249 e. The summed E-state index contributed by atoms with van der Waals surface area (Å²) in [7, 11) is 0. The van der Waals surface area contributed by atoms with Gasteiger partial charge in [0.2, 0.25) is 17.7 Å². The third kappa shape index (κ3) is 6.40. The first-order valence-corrected chi connectivity index (χ1v) is 12.7. The minimum atomic E-state index is -1.06. The fourth-order valence-corrected chi connectivity index (χ4v) is 4.15. The van der Waals surface area contributed by atoms with Crippen molar-refractivity contribution in [3.63, 3.8) is 0 Å². The number of nitrogens with one attached hydrogen (secondary N) is 2. The van der Waals surface area contributed by atoms with Gasteiger partial charge < -0.3 is 15.7 Å². The van der Waals surface area contributed by atoms with Crippen molar-refractivity contribution in [2.75, 3.05) is 10.2 Å². The highest BCUT2D eigenvalue weighted by molar-refractivity contribution is 6.02. The average Bonchev–Trinajstić information content (AvgIpc) is 3.30. The molecule has 0 saturated heterocycles. The molecule has 4 aromatic rings. The Labute approximate surface area is 226 Å². The molecule has 0 aliphatic rings. The summed E-state index contributed by atoms with van der Waals surface area (Å²) in [4.78, 5) is 40.9. The van der Waals surface area contributed by atoms with Crippen molar-refractivity contribution in [2.24, 2.45) is 0 Å². The number of phenolic OH excluding ortho intramolecular Hbond substituents is 1. The number of anilines is 2. The lowest BCUT2D eigenvalue weighted by molar-refractivity contribution is -0.128. The van der Waals surface area contributed by atoms with Crippen LogP contribution in [0.25, 0.3) is 11.0 Å². The van der Waals surface area contributed by atoms with E-state index in [2.05, 4.69) is 20.9 Å². The molecule has 39 heavy (non-hydrogen) atoms. The summed E-state index contributed by atoms with van der Waals surface area (Å²) in [6.45, 7) is 7.03. The van der Waals surface area contributed by atoms with Crippen LogP contribution >= 0.6 is 0 Å². The Morgan fingerprint density at radius 2 is 1.67 bits per heavy atom. The van der Waals surface area contributed by atoms with Crippen LogP contribution in [0.2, 0.25) is 0 Å². The number of hydrogen-bond donors (Lipinski definition) is 3. The third-order valence-corrected chi connectivity index (χ3v) is 6.50. The molecule has 0 aliphatic carbocycles. The maximum Gasteiger partial charge on any atom is 0.249 e. The van der Waals surface area contributed by atoms with Crippen molar-refractivity contribution in [3.8, 4) is 5.75 Å². The van der Waals surface area contributed by atoms with Crippen molar-refractivity contribution in [2.45, 2.75) is 52.2 Å². The number of aromatic hydroxyl groups is 1. The van der Waals surface area contributed by atoms with Crippen LogP contribution in [-0.2, 0) is 20.9 Å². The van der Waals surface area contributed by atoms with E-state index in [1.54, 1.807) is 42.5 Å². The van der Waals surface area contributed by atoms with Gasteiger partial charge in [0, 0.05) is 23.8 Å². The van der Waals surface area contributed by atoms with E-state index in [9.17, 15) is 19.5 Å². The lowest BCUT2D eigenvalue weighted by Crippen LogP contribution is -2.51. The molecule has 10 heteroatoms.